The summed E-state index contributed by atoms with van der Waals surface area (Å²) in [6.45, 7) is 7.09. The SMILES string of the molecule is CC(C)N(CCCC(N)c1ccccc1)CC1CC1. The van der Waals surface area contributed by atoms with Crippen molar-refractivity contribution in [1.29, 1.82) is 0 Å². The molecule has 1 unspecified atom stereocenters. The van der Waals surface area contributed by atoms with E-state index in [1.54, 1.807) is 0 Å². The minimum absolute atomic E-state index is 0.191. The first-order valence-corrected chi connectivity index (χ1v) is 7.71. The number of nitrogens with two attached hydrogens (primary N) is 1. The summed E-state index contributed by atoms with van der Waals surface area (Å²) in [6.07, 6.45) is 5.15. The Morgan fingerprint density at radius 2 is 1.89 bits per heavy atom. The van der Waals surface area contributed by atoms with Gasteiger partial charge in [-0.3, -0.25) is 0 Å². The molecule has 0 aromatic heterocycles. The molecule has 2 nitrogen and oxygen atoms in total. The average Bonchev–Trinajstić information content (AvgIpc) is 3.22. The van der Waals surface area contributed by atoms with Gasteiger partial charge in [-0.1, -0.05) is 30.3 Å². The highest BCUT2D eigenvalue weighted by Crippen LogP contribution is 2.30. The molecule has 19 heavy (non-hydrogen) atoms. The van der Waals surface area contributed by atoms with Gasteiger partial charge < -0.3 is 10.6 Å². The molecule has 2 N–H and O–H groups in total. The zero-order valence-electron chi connectivity index (χ0n) is 12.4. The van der Waals surface area contributed by atoms with Gasteiger partial charge in [-0.2, -0.15) is 0 Å². The van der Waals surface area contributed by atoms with Crippen LogP contribution in [0.2, 0.25) is 0 Å². The average molecular weight is 260 g/mol. The van der Waals surface area contributed by atoms with Gasteiger partial charge in [0.1, 0.15) is 0 Å². The molecule has 1 aromatic rings. The maximum Gasteiger partial charge on any atom is 0.0295 e. The number of benzene rings is 1. The van der Waals surface area contributed by atoms with Crippen LogP contribution in [-0.4, -0.2) is 24.0 Å². The summed E-state index contributed by atoms with van der Waals surface area (Å²) in [5, 5.41) is 0. The largest absolute Gasteiger partial charge is 0.324 e. The number of nitrogens with zero attached hydrogens (tertiary/aromatic N) is 1. The Morgan fingerprint density at radius 1 is 1.21 bits per heavy atom. The predicted molar refractivity (Wildman–Crippen MR) is 82.0 cm³/mol. The number of hydrogen-bond acceptors (Lipinski definition) is 2. The zero-order chi connectivity index (χ0) is 13.7. The van der Waals surface area contributed by atoms with Crippen LogP contribution in [0.25, 0.3) is 0 Å². The standard InChI is InChI=1S/C17H28N2/c1-14(2)19(13-15-10-11-15)12-6-9-17(18)16-7-4-3-5-8-16/h3-5,7-8,14-15,17H,6,9-13,18H2,1-2H3. The summed E-state index contributed by atoms with van der Waals surface area (Å²) >= 11 is 0. The number of rotatable bonds is 8. The molecule has 1 aliphatic carbocycles. The van der Waals surface area contributed by atoms with E-state index in [2.05, 4.69) is 43.0 Å². The molecular formula is C17H28N2. The van der Waals surface area contributed by atoms with E-state index in [0.29, 0.717) is 6.04 Å². The van der Waals surface area contributed by atoms with E-state index in [1.165, 1.54) is 37.9 Å². The van der Waals surface area contributed by atoms with Gasteiger partial charge in [-0.05, 0) is 57.6 Å². The molecule has 1 aromatic carbocycles. The van der Waals surface area contributed by atoms with Gasteiger partial charge in [0.2, 0.25) is 0 Å². The van der Waals surface area contributed by atoms with Crippen LogP contribution in [0.4, 0.5) is 0 Å². The molecule has 0 amide bonds. The molecule has 2 rings (SSSR count). The lowest BCUT2D eigenvalue weighted by Crippen LogP contribution is -2.34. The quantitative estimate of drug-likeness (QED) is 0.774. The normalized spacial score (nSPS) is 17.1. The molecule has 1 atom stereocenters. The summed E-state index contributed by atoms with van der Waals surface area (Å²) < 4.78 is 0. The fourth-order valence-corrected chi connectivity index (χ4v) is 2.57. The minimum atomic E-state index is 0.191. The summed E-state index contributed by atoms with van der Waals surface area (Å²) in [6, 6.07) is 11.3. The summed E-state index contributed by atoms with van der Waals surface area (Å²) in [5.74, 6) is 0.977. The topological polar surface area (TPSA) is 29.3 Å². The van der Waals surface area contributed by atoms with Crippen molar-refractivity contribution < 1.29 is 0 Å². The Morgan fingerprint density at radius 3 is 2.47 bits per heavy atom. The molecule has 1 saturated carbocycles. The first kappa shape index (κ1) is 14.5. The van der Waals surface area contributed by atoms with Crippen molar-refractivity contribution in [2.24, 2.45) is 11.7 Å². The Balaban J connectivity index is 1.72. The fraction of sp³-hybridized carbons (Fsp3) is 0.647. The molecule has 1 fully saturated rings. The third-order valence-corrected chi connectivity index (χ3v) is 4.11. The highest BCUT2D eigenvalue weighted by molar-refractivity contribution is 5.18. The van der Waals surface area contributed by atoms with E-state index < -0.39 is 0 Å². The summed E-state index contributed by atoms with van der Waals surface area (Å²) in [7, 11) is 0. The third kappa shape index (κ3) is 4.96. The molecule has 0 spiro atoms. The number of hydrogen-bond donors (Lipinski definition) is 1. The fourth-order valence-electron chi connectivity index (χ4n) is 2.57. The smallest absolute Gasteiger partial charge is 0.0295 e. The van der Waals surface area contributed by atoms with E-state index in [1.807, 2.05) is 6.07 Å². The molecule has 0 heterocycles. The highest BCUT2D eigenvalue weighted by Gasteiger charge is 2.25. The van der Waals surface area contributed by atoms with Crippen LogP contribution < -0.4 is 5.73 Å². The molecule has 2 heteroatoms. The summed E-state index contributed by atoms with van der Waals surface area (Å²) in [5.41, 5.74) is 7.52. The van der Waals surface area contributed by atoms with Gasteiger partial charge in [0.05, 0.1) is 0 Å². The lowest BCUT2D eigenvalue weighted by Gasteiger charge is -2.27. The Labute approximate surface area is 118 Å². The van der Waals surface area contributed by atoms with Crippen LogP contribution in [0, 0.1) is 5.92 Å². The van der Waals surface area contributed by atoms with Crippen LogP contribution in [0.3, 0.4) is 0 Å². The van der Waals surface area contributed by atoms with Crippen LogP contribution in [0.15, 0.2) is 30.3 Å². The Hall–Kier alpha value is -0.860. The van der Waals surface area contributed by atoms with E-state index in [-0.39, 0.29) is 6.04 Å². The minimum Gasteiger partial charge on any atom is -0.324 e. The highest BCUT2D eigenvalue weighted by atomic mass is 15.1. The van der Waals surface area contributed by atoms with Crippen molar-refractivity contribution in [3.8, 4) is 0 Å². The first-order chi connectivity index (χ1) is 9.16. The Bertz CT molecular complexity index is 357. The predicted octanol–water partition coefficient (Wildman–Crippen LogP) is 3.59. The zero-order valence-corrected chi connectivity index (χ0v) is 12.4. The molecule has 0 aliphatic heterocycles. The van der Waals surface area contributed by atoms with Crippen molar-refractivity contribution in [3.05, 3.63) is 35.9 Å². The molecule has 1 aliphatic rings. The van der Waals surface area contributed by atoms with Gasteiger partial charge in [0.25, 0.3) is 0 Å². The lowest BCUT2D eigenvalue weighted by molar-refractivity contribution is 0.207. The van der Waals surface area contributed by atoms with Gasteiger partial charge in [-0.25, -0.2) is 0 Å². The monoisotopic (exact) mass is 260 g/mol. The van der Waals surface area contributed by atoms with E-state index in [0.717, 1.165) is 12.3 Å². The maximum absolute atomic E-state index is 6.25. The molecule has 0 radical (unpaired) electrons. The van der Waals surface area contributed by atoms with Crippen molar-refractivity contribution >= 4 is 0 Å². The van der Waals surface area contributed by atoms with Crippen LogP contribution in [0.5, 0.6) is 0 Å². The van der Waals surface area contributed by atoms with Crippen molar-refractivity contribution in [3.63, 3.8) is 0 Å². The Kier molecular flexibility index (Phi) is 5.41. The van der Waals surface area contributed by atoms with E-state index in [9.17, 15) is 0 Å². The van der Waals surface area contributed by atoms with Crippen molar-refractivity contribution in [2.75, 3.05) is 13.1 Å². The molecule has 0 saturated heterocycles. The van der Waals surface area contributed by atoms with E-state index >= 15 is 0 Å². The molecule has 0 bridgehead atoms. The van der Waals surface area contributed by atoms with Crippen LogP contribution in [-0.2, 0) is 0 Å². The van der Waals surface area contributed by atoms with Crippen LogP contribution in [0.1, 0.15) is 51.1 Å². The second-order valence-electron chi connectivity index (χ2n) is 6.19. The van der Waals surface area contributed by atoms with Gasteiger partial charge in [0.15, 0.2) is 0 Å². The molecular weight excluding hydrogens is 232 g/mol. The van der Waals surface area contributed by atoms with E-state index in [4.69, 9.17) is 5.73 Å². The second kappa shape index (κ2) is 7.06. The summed E-state index contributed by atoms with van der Waals surface area (Å²) in [4.78, 5) is 2.62. The third-order valence-electron chi connectivity index (χ3n) is 4.11. The van der Waals surface area contributed by atoms with Gasteiger partial charge in [-0.15, -0.1) is 0 Å². The first-order valence-electron chi connectivity index (χ1n) is 7.71. The molecule has 106 valence electrons. The van der Waals surface area contributed by atoms with Crippen molar-refractivity contribution in [2.45, 2.75) is 51.6 Å². The maximum atomic E-state index is 6.25. The van der Waals surface area contributed by atoms with Gasteiger partial charge in [0, 0.05) is 18.6 Å². The lowest BCUT2D eigenvalue weighted by atomic mass is 10.0. The van der Waals surface area contributed by atoms with Gasteiger partial charge >= 0.3 is 0 Å². The van der Waals surface area contributed by atoms with Crippen molar-refractivity contribution in [1.82, 2.24) is 4.90 Å². The van der Waals surface area contributed by atoms with Crippen LogP contribution >= 0.6 is 0 Å². The second-order valence-corrected chi connectivity index (χ2v) is 6.19.